The van der Waals surface area contributed by atoms with E-state index in [-0.39, 0.29) is 18.7 Å². The highest BCUT2D eigenvalue weighted by molar-refractivity contribution is 5.77. The number of ether oxygens (including phenoxy) is 1. The van der Waals surface area contributed by atoms with Crippen molar-refractivity contribution >= 4 is 5.97 Å². The highest BCUT2D eigenvalue weighted by Crippen LogP contribution is 2.04. The first-order valence-corrected chi connectivity index (χ1v) is 2.85. The smallest absolute Gasteiger partial charge is 0.323 e. The van der Waals surface area contributed by atoms with E-state index in [0.717, 1.165) is 0 Å². The number of carbonyl (C=O) groups excluding carboxylic acids is 1. The molecule has 0 radical (unpaired) electrons. The third-order valence-corrected chi connectivity index (χ3v) is 1.27. The average molecular weight is 131 g/mol. The summed E-state index contributed by atoms with van der Waals surface area (Å²) in [5, 5.41) is 10.9. The van der Waals surface area contributed by atoms with Crippen LogP contribution in [0.4, 0.5) is 0 Å². The van der Waals surface area contributed by atoms with Crippen LogP contribution >= 0.6 is 0 Å². The van der Waals surface area contributed by atoms with E-state index in [1.807, 2.05) is 0 Å². The number of cyclic esters (lactones) is 1. The number of nitrogens with one attached hydrogen (secondary N) is 1. The molecule has 1 aliphatic heterocycles. The number of hydrogen-bond donors (Lipinski definition) is 2. The monoisotopic (exact) mass is 131 g/mol. The normalized spacial score (nSPS) is 26.3. The van der Waals surface area contributed by atoms with E-state index in [1.54, 1.807) is 0 Å². The molecular weight excluding hydrogens is 122 g/mol. The van der Waals surface area contributed by atoms with Crippen LogP contribution in [0.3, 0.4) is 0 Å². The van der Waals surface area contributed by atoms with Gasteiger partial charge in [-0.3, -0.25) is 10.1 Å². The first kappa shape index (κ1) is 6.51. The Kier molecular flexibility index (Phi) is 2.02. The predicted octanol–water partition coefficient (Wildman–Crippen LogP) is -1.16. The Morgan fingerprint density at radius 3 is 3.11 bits per heavy atom. The van der Waals surface area contributed by atoms with E-state index >= 15 is 0 Å². The van der Waals surface area contributed by atoms with Crippen molar-refractivity contribution in [3.63, 3.8) is 0 Å². The van der Waals surface area contributed by atoms with Gasteiger partial charge in [0, 0.05) is 6.42 Å². The molecule has 1 unspecified atom stereocenters. The number of esters is 1. The Morgan fingerprint density at radius 2 is 2.67 bits per heavy atom. The molecule has 0 saturated carbocycles. The molecule has 1 heterocycles. The van der Waals surface area contributed by atoms with Gasteiger partial charge in [-0.2, -0.15) is 0 Å². The first-order valence-electron chi connectivity index (χ1n) is 2.85. The minimum absolute atomic E-state index is 0.167. The van der Waals surface area contributed by atoms with Crippen molar-refractivity contribution in [1.82, 2.24) is 5.32 Å². The van der Waals surface area contributed by atoms with Gasteiger partial charge in [-0.1, -0.05) is 0 Å². The van der Waals surface area contributed by atoms with Gasteiger partial charge >= 0.3 is 5.97 Å². The topological polar surface area (TPSA) is 58.6 Å². The highest BCUT2D eigenvalue weighted by atomic mass is 16.5. The zero-order valence-corrected chi connectivity index (χ0v) is 4.96. The lowest BCUT2D eigenvalue weighted by molar-refractivity contribution is -0.139. The van der Waals surface area contributed by atoms with Gasteiger partial charge in [-0.25, -0.2) is 0 Å². The van der Waals surface area contributed by atoms with Gasteiger partial charge in [0.15, 0.2) is 0 Å². The van der Waals surface area contributed by atoms with Gasteiger partial charge in [0.1, 0.15) is 6.04 Å². The van der Waals surface area contributed by atoms with Crippen LogP contribution in [-0.2, 0) is 9.53 Å². The lowest BCUT2D eigenvalue weighted by Crippen LogP contribution is -2.33. The second kappa shape index (κ2) is 2.80. The lowest BCUT2D eigenvalue weighted by Gasteiger charge is -2.02. The third kappa shape index (κ3) is 1.40. The summed E-state index contributed by atoms with van der Waals surface area (Å²) in [5.74, 6) is -0.260. The first-order chi connectivity index (χ1) is 4.34. The molecule has 1 aliphatic rings. The third-order valence-electron chi connectivity index (χ3n) is 1.27. The quantitative estimate of drug-likeness (QED) is 0.366. The van der Waals surface area contributed by atoms with Crippen LogP contribution in [0.25, 0.3) is 0 Å². The van der Waals surface area contributed by atoms with Crippen LogP contribution in [0.2, 0.25) is 0 Å². The molecule has 0 bridgehead atoms. The second-order valence-electron chi connectivity index (χ2n) is 1.87. The fourth-order valence-electron chi connectivity index (χ4n) is 0.791. The Labute approximate surface area is 52.8 Å². The fraction of sp³-hybridized carbons (Fsp3) is 0.800. The molecule has 1 fully saturated rings. The maximum Gasteiger partial charge on any atom is 0.323 e. The van der Waals surface area contributed by atoms with Gasteiger partial charge in [0.05, 0.1) is 13.3 Å². The standard InChI is InChI=1S/C5H9NO3/c7-3-6-4-1-2-9-5(4)8/h4,6-7H,1-3H2. The summed E-state index contributed by atoms with van der Waals surface area (Å²) in [7, 11) is 0. The van der Waals surface area contributed by atoms with Crippen molar-refractivity contribution in [2.75, 3.05) is 13.3 Å². The summed E-state index contributed by atoms with van der Waals surface area (Å²) in [6.45, 7) is 0.302. The Morgan fingerprint density at radius 1 is 1.89 bits per heavy atom. The number of rotatable bonds is 2. The van der Waals surface area contributed by atoms with Crippen molar-refractivity contribution in [1.29, 1.82) is 0 Å². The molecular formula is C5H9NO3. The molecule has 0 aliphatic carbocycles. The summed E-state index contributed by atoms with van der Waals surface area (Å²) in [6.07, 6.45) is 0.666. The van der Waals surface area contributed by atoms with Crippen LogP contribution in [0.5, 0.6) is 0 Å². The van der Waals surface area contributed by atoms with E-state index < -0.39 is 0 Å². The maximum absolute atomic E-state index is 10.6. The van der Waals surface area contributed by atoms with Crippen molar-refractivity contribution in [2.24, 2.45) is 0 Å². The summed E-state index contributed by atoms with van der Waals surface area (Å²) < 4.78 is 4.61. The minimum Gasteiger partial charge on any atom is -0.464 e. The Hall–Kier alpha value is -0.610. The summed E-state index contributed by atoms with van der Waals surface area (Å²) in [6, 6.07) is -0.282. The molecule has 0 amide bonds. The van der Waals surface area contributed by atoms with Crippen LogP contribution in [0.1, 0.15) is 6.42 Å². The lowest BCUT2D eigenvalue weighted by atomic mass is 10.3. The summed E-state index contributed by atoms with van der Waals surface area (Å²) in [5.41, 5.74) is 0. The van der Waals surface area contributed by atoms with Crippen molar-refractivity contribution in [2.45, 2.75) is 12.5 Å². The van der Waals surface area contributed by atoms with Gasteiger partial charge < -0.3 is 9.84 Å². The number of carbonyl (C=O) groups is 1. The van der Waals surface area contributed by atoms with Gasteiger partial charge in [-0.05, 0) is 0 Å². The Bertz CT molecular complexity index is 115. The van der Waals surface area contributed by atoms with Crippen LogP contribution in [-0.4, -0.2) is 30.5 Å². The van der Waals surface area contributed by atoms with Crippen LogP contribution < -0.4 is 5.32 Å². The molecule has 0 aromatic carbocycles. The van der Waals surface area contributed by atoms with Crippen molar-refractivity contribution in [3.05, 3.63) is 0 Å². The summed E-state index contributed by atoms with van der Waals surface area (Å²) in [4.78, 5) is 10.6. The SMILES string of the molecule is O=C1OCCC1NCO. The predicted molar refractivity (Wildman–Crippen MR) is 29.6 cm³/mol. The molecule has 9 heavy (non-hydrogen) atoms. The minimum atomic E-state index is -0.282. The van der Waals surface area contributed by atoms with Gasteiger partial charge in [0.25, 0.3) is 0 Å². The largest absolute Gasteiger partial charge is 0.464 e. The fourth-order valence-corrected chi connectivity index (χ4v) is 0.791. The molecule has 1 saturated heterocycles. The molecule has 2 N–H and O–H groups in total. The highest BCUT2D eigenvalue weighted by Gasteiger charge is 2.24. The molecule has 4 heteroatoms. The van der Waals surface area contributed by atoms with E-state index in [1.165, 1.54) is 0 Å². The second-order valence-corrected chi connectivity index (χ2v) is 1.87. The van der Waals surface area contributed by atoms with E-state index in [4.69, 9.17) is 5.11 Å². The van der Waals surface area contributed by atoms with Crippen molar-refractivity contribution in [3.8, 4) is 0 Å². The van der Waals surface area contributed by atoms with Crippen molar-refractivity contribution < 1.29 is 14.6 Å². The van der Waals surface area contributed by atoms with E-state index in [9.17, 15) is 4.79 Å². The molecule has 1 rings (SSSR count). The molecule has 0 aromatic rings. The number of aliphatic hydroxyl groups excluding tert-OH is 1. The van der Waals surface area contributed by atoms with Crippen LogP contribution in [0.15, 0.2) is 0 Å². The van der Waals surface area contributed by atoms with E-state index in [2.05, 4.69) is 10.1 Å². The molecule has 1 atom stereocenters. The molecule has 4 nitrogen and oxygen atoms in total. The Balaban J connectivity index is 2.31. The average Bonchev–Trinajstić information content (AvgIpc) is 2.18. The molecule has 0 aromatic heterocycles. The zero-order chi connectivity index (χ0) is 6.69. The zero-order valence-electron chi connectivity index (χ0n) is 4.96. The van der Waals surface area contributed by atoms with E-state index in [0.29, 0.717) is 13.0 Å². The summed E-state index contributed by atoms with van der Waals surface area (Å²) >= 11 is 0. The molecule has 52 valence electrons. The number of aliphatic hydroxyl groups is 1. The van der Waals surface area contributed by atoms with Crippen LogP contribution in [0, 0.1) is 0 Å². The molecule has 0 spiro atoms. The number of hydrogen-bond acceptors (Lipinski definition) is 4. The van der Waals surface area contributed by atoms with Gasteiger partial charge in [0.2, 0.25) is 0 Å². The van der Waals surface area contributed by atoms with Gasteiger partial charge in [-0.15, -0.1) is 0 Å². The maximum atomic E-state index is 10.6.